The number of nitrogens with one attached hydrogen (secondary N) is 1. The number of hydrogen-bond donors (Lipinski definition) is 2. The summed E-state index contributed by atoms with van der Waals surface area (Å²) < 4.78 is 11.0. The zero-order chi connectivity index (χ0) is 18.5. The maximum Gasteiger partial charge on any atom is 0.411 e. The molecule has 2 unspecified atom stereocenters. The first kappa shape index (κ1) is 18.2. The van der Waals surface area contributed by atoms with E-state index in [1.54, 1.807) is 18.2 Å². The molecule has 3 N–H and O–H groups in total. The van der Waals surface area contributed by atoms with E-state index in [4.69, 9.17) is 26.8 Å². The summed E-state index contributed by atoms with van der Waals surface area (Å²) in [7, 11) is 0. The highest BCUT2D eigenvalue weighted by atomic mass is 35.5. The molecular weight excluding hydrogens is 358 g/mol. The predicted molar refractivity (Wildman–Crippen MR) is 99.4 cm³/mol. The van der Waals surface area contributed by atoms with Crippen molar-refractivity contribution in [2.45, 2.75) is 19.1 Å². The van der Waals surface area contributed by atoms with Gasteiger partial charge in [-0.2, -0.15) is 4.98 Å². The molecule has 1 amide bonds. The molecular formula is C17H20ClN5O3. The number of ether oxygens (including phenoxy) is 2. The average Bonchev–Trinajstić information content (AvgIpc) is 2.61. The molecule has 3 rings (SSSR count). The summed E-state index contributed by atoms with van der Waals surface area (Å²) in [4.78, 5) is 22.0. The molecule has 1 aliphatic rings. The molecule has 138 valence electrons. The predicted octanol–water partition coefficient (Wildman–Crippen LogP) is 2.55. The van der Waals surface area contributed by atoms with Gasteiger partial charge in [-0.15, -0.1) is 0 Å². The zero-order valence-corrected chi connectivity index (χ0v) is 15.0. The zero-order valence-electron chi connectivity index (χ0n) is 14.3. The second kappa shape index (κ2) is 8.20. The van der Waals surface area contributed by atoms with E-state index >= 15 is 0 Å². The second-order valence-corrected chi connectivity index (χ2v) is 6.34. The lowest BCUT2D eigenvalue weighted by Crippen LogP contribution is -2.50. The van der Waals surface area contributed by atoms with Crippen molar-refractivity contribution < 1.29 is 14.3 Å². The number of nitrogens with two attached hydrogens (primary N) is 1. The minimum atomic E-state index is -0.528. The Morgan fingerprint density at radius 1 is 1.42 bits per heavy atom. The summed E-state index contributed by atoms with van der Waals surface area (Å²) in [6.45, 7) is 3.09. The van der Waals surface area contributed by atoms with Gasteiger partial charge in [-0.3, -0.25) is 5.32 Å². The molecule has 2 atom stereocenters. The molecule has 1 aliphatic heterocycles. The summed E-state index contributed by atoms with van der Waals surface area (Å²) in [6, 6.07) is 10.8. The number of rotatable bonds is 4. The van der Waals surface area contributed by atoms with E-state index in [1.807, 2.05) is 30.0 Å². The van der Waals surface area contributed by atoms with Gasteiger partial charge < -0.3 is 20.1 Å². The molecule has 1 aromatic heterocycles. The number of para-hydroxylation sites is 1. The fraction of sp³-hybridized carbons (Fsp3) is 0.353. The van der Waals surface area contributed by atoms with Gasteiger partial charge in [-0.25, -0.2) is 9.78 Å². The minimum absolute atomic E-state index is 0.0785. The number of benzene rings is 1. The van der Waals surface area contributed by atoms with Gasteiger partial charge in [0.2, 0.25) is 5.95 Å². The van der Waals surface area contributed by atoms with Gasteiger partial charge in [0.25, 0.3) is 0 Å². The Morgan fingerprint density at radius 3 is 2.92 bits per heavy atom. The molecule has 0 spiro atoms. The van der Waals surface area contributed by atoms with Crippen molar-refractivity contribution in [2.24, 2.45) is 0 Å². The first-order chi connectivity index (χ1) is 12.5. The number of nitrogen functional groups attached to an aromatic ring is 1. The first-order valence-electron chi connectivity index (χ1n) is 8.18. The van der Waals surface area contributed by atoms with E-state index in [1.165, 1.54) is 0 Å². The van der Waals surface area contributed by atoms with Crippen LogP contribution in [0.15, 0.2) is 36.4 Å². The van der Waals surface area contributed by atoms with Gasteiger partial charge in [0.05, 0.1) is 12.6 Å². The maximum absolute atomic E-state index is 11.9. The fourth-order valence-electron chi connectivity index (χ4n) is 2.65. The number of nitrogens with zero attached hydrogens (tertiary/aromatic N) is 3. The highest BCUT2D eigenvalue weighted by Crippen LogP contribution is 2.23. The minimum Gasteiger partial charge on any atom is -0.446 e. The Balaban J connectivity index is 1.57. The van der Waals surface area contributed by atoms with Crippen LogP contribution in [0.25, 0.3) is 0 Å². The SMILES string of the molecule is CC1COC(COC(=O)Nc2ccccc2)CN1c1cc(Cl)nc(N)n1. The van der Waals surface area contributed by atoms with Gasteiger partial charge in [-0.05, 0) is 19.1 Å². The normalized spacial score (nSPS) is 19.8. The van der Waals surface area contributed by atoms with E-state index in [-0.39, 0.29) is 29.9 Å². The third-order valence-electron chi connectivity index (χ3n) is 3.92. The van der Waals surface area contributed by atoms with Crippen molar-refractivity contribution in [3.8, 4) is 0 Å². The number of aromatic nitrogens is 2. The number of amides is 1. The molecule has 1 saturated heterocycles. The first-order valence-corrected chi connectivity index (χ1v) is 8.56. The van der Waals surface area contributed by atoms with Crippen LogP contribution in [-0.2, 0) is 9.47 Å². The van der Waals surface area contributed by atoms with E-state index in [0.29, 0.717) is 24.7 Å². The lowest BCUT2D eigenvalue weighted by Gasteiger charge is -2.38. The average molecular weight is 378 g/mol. The number of hydrogen-bond acceptors (Lipinski definition) is 7. The standard InChI is InChI=1S/C17H20ClN5O3/c1-11-9-25-13(8-23(11)15-7-14(18)21-16(19)22-15)10-26-17(24)20-12-5-3-2-4-6-12/h2-7,11,13H,8-10H2,1H3,(H,20,24)(H2,19,21,22). The van der Waals surface area contributed by atoms with Crippen molar-refractivity contribution in [1.29, 1.82) is 0 Å². The number of carbonyl (C=O) groups is 1. The Morgan fingerprint density at radius 2 is 2.19 bits per heavy atom. The molecule has 0 aliphatic carbocycles. The monoisotopic (exact) mass is 377 g/mol. The summed E-state index contributed by atoms with van der Waals surface area (Å²) in [5, 5.41) is 2.94. The molecule has 8 nitrogen and oxygen atoms in total. The highest BCUT2D eigenvalue weighted by Gasteiger charge is 2.28. The van der Waals surface area contributed by atoms with Crippen LogP contribution in [0, 0.1) is 0 Å². The summed E-state index contributed by atoms with van der Waals surface area (Å²) >= 11 is 5.97. The van der Waals surface area contributed by atoms with E-state index in [0.717, 1.165) is 0 Å². The molecule has 0 bridgehead atoms. The van der Waals surface area contributed by atoms with Gasteiger partial charge >= 0.3 is 6.09 Å². The van der Waals surface area contributed by atoms with Crippen LogP contribution in [0.2, 0.25) is 5.15 Å². The summed E-state index contributed by atoms with van der Waals surface area (Å²) in [5.41, 5.74) is 6.35. The maximum atomic E-state index is 11.9. The van der Waals surface area contributed by atoms with Crippen molar-refractivity contribution in [3.05, 3.63) is 41.6 Å². The van der Waals surface area contributed by atoms with Crippen LogP contribution in [0.5, 0.6) is 0 Å². The van der Waals surface area contributed by atoms with E-state index in [2.05, 4.69) is 15.3 Å². The number of morpholine rings is 1. The topological polar surface area (TPSA) is 103 Å². The molecule has 1 fully saturated rings. The Hall–Kier alpha value is -2.58. The van der Waals surface area contributed by atoms with Crippen LogP contribution in [0.4, 0.5) is 22.2 Å². The lowest BCUT2D eigenvalue weighted by atomic mass is 10.2. The molecule has 1 aromatic carbocycles. The van der Waals surface area contributed by atoms with Crippen molar-refractivity contribution in [3.63, 3.8) is 0 Å². The van der Waals surface area contributed by atoms with Crippen LogP contribution in [-0.4, -0.2) is 48.0 Å². The summed E-state index contributed by atoms with van der Waals surface area (Å²) in [5.74, 6) is 0.735. The third kappa shape index (κ3) is 4.74. The Kier molecular flexibility index (Phi) is 5.75. The third-order valence-corrected chi connectivity index (χ3v) is 4.11. The molecule has 0 radical (unpaired) electrons. The van der Waals surface area contributed by atoms with Crippen LogP contribution in [0.3, 0.4) is 0 Å². The van der Waals surface area contributed by atoms with E-state index in [9.17, 15) is 4.79 Å². The van der Waals surface area contributed by atoms with Crippen LogP contribution in [0.1, 0.15) is 6.92 Å². The Labute approximate surface area is 156 Å². The van der Waals surface area contributed by atoms with Crippen molar-refractivity contribution in [2.75, 3.05) is 35.7 Å². The molecule has 2 aromatic rings. The molecule has 0 saturated carbocycles. The largest absolute Gasteiger partial charge is 0.446 e. The van der Waals surface area contributed by atoms with Gasteiger partial charge in [0, 0.05) is 18.3 Å². The second-order valence-electron chi connectivity index (χ2n) is 5.95. The van der Waals surface area contributed by atoms with Crippen LogP contribution < -0.4 is 16.0 Å². The fourth-order valence-corrected chi connectivity index (χ4v) is 2.84. The molecule has 2 heterocycles. The molecule has 26 heavy (non-hydrogen) atoms. The lowest BCUT2D eigenvalue weighted by molar-refractivity contribution is -0.0138. The van der Waals surface area contributed by atoms with Crippen molar-refractivity contribution >= 4 is 35.1 Å². The van der Waals surface area contributed by atoms with E-state index < -0.39 is 6.09 Å². The number of carbonyl (C=O) groups excluding carboxylic acids is 1. The quantitative estimate of drug-likeness (QED) is 0.789. The van der Waals surface area contributed by atoms with Crippen molar-refractivity contribution in [1.82, 2.24) is 9.97 Å². The highest BCUT2D eigenvalue weighted by molar-refractivity contribution is 6.29. The van der Waals surface area contributed by atoms with Gasteiger partial charge in [0.15, 0.2) is 0 Å². The van der Waals surface area contributed by atoms with Gasteiger partial charge in [0.1, 0.15) is 23.7 Å². The summed E-state index contributed by atoms with van der Waals surface area (Å²) in [6.07, 6.45) is -0.818. The number of anilines is 3. The Bertz CT molecular complexity index is 741. The molecule has 9 heteroatoms. The van der Waals surface area contributed by atoms with Gasteiger partial charge in [-0.1, -0.05) is 29.8 Å². The smallest absolute Gasteiger partial charge is 0.411 e. The van der Waals surface area contributed by atoms with Crippen LogP contribution >= 0.6 is 11.6 Å². The number of halogens is 1.